The van der Waals surface area contributed by atoms with Crippen LogP contribution in [0.25, 0.3) is 0 Å². The van der Waals surface area contributed by atoms with Crippen molar-refractivity contribution in [1.29, 1.82) is 0 Å². The Morgan fingerprint density at radius 2 is 2.31 bits per heavy atom. The van der Waals surface area contributed by atoms with E-state index >= 15 is 0 Å². The number of piperidine rings is 1. The minimum atomic E-state index is 0.103. The minimum Gasteiger partial charge on any atom is -0.353 e. The number of nitrogens with zero attached hydrogens (tertiary/aromatic N) is 1. The van der Waals surface area contributed by atoms with Crippen molar-refractivity contribution in [3.8, 4) is 0 Å². The van der Waals surface area contributed by atoms with Crippen molar-refractivity contribution in [1.82, 2.24) is 15.5 Å². The normalized spacial score (nSPS) is 31.1. The highest BCUT2D eigenvalue weighted by atomic mass is 16.2. The second kappa shape index (κ2) is 4.72. The summed E-state index contributed by atoms with van der Waals surface area (Å²) in [7, 11) is 0. The molecule has 0 aromatic heterocycles. The first-order chi connectivity index (χ1) is 7.58. The van der Waals surface area contributed by atoms with Crippen LogP contribution in [-0.4, -0.2) is 49.1 Å². The molecule has 16 heavy (non-hydrogen) atoms. The average molecular weight is 225 g/mol. The molecule has 2 fully saturated rings. The van der Waals surface area contributed by atoms with Crippen LogP contribution in [0.15, 0.2) is 0 Å². The Labute approximate surface area is 97.8 Å². The van der Waals surface area contributed by atoms with Gasteiger partial charge in [0, 0.05) is 18.6 Å². The molecule has 0 radical (unpaired) electrons. The zero-order chi connectivity index (χ0) is 11.6. The van der Waals surface area contributed by atoms with E-state index in [0.29, 0.717) is 12.5 Å². The highest BCUT2D eigenvalue weighted by Gasteiger charge is 2.34. The highest BCUT2D eigenvalue weighted by molar-refractivity contribution is 5.79. The van der Waals surface area contributed by atoms with Crippen LogP contribution < -0.4 is 10.6 Å². The summed E-state index contributed by atoms with van der Waals surface area (Å²) in [6.45, 7) is 9.06. The standard InChI is InChI=1S/C12H23N3O/c1-12(2)9-14-11(16)8-15(12)7-10-4-3-5-13-6-10/h10,13H,3-9H2,1-2H3,(H,14,16). The lowest BCUT2D eigenvalue weighted by Crippen LogP contribution is -2.61. The molecule has 1 amide bonds. The molecular weight excluding hydrogens is 202 g/mol. The molecule has 0 saturated carbocycles. The lowest BCUT2D eigenvalue weighted by molar-refractivity contribution is -0.128. The Bertz CT molecular complexity index is 259. The molecule has 4 nitrogen and oxygen atoms in total. The predicted octanol–water partition coefficient (Wildman–Crippen LogP) is 0.196. The van der Waals surface area contributed by atoms with Gasteiger partial charge in [-0.2, -0.15) is 0 Å². The van der Waals surface area contributed by atoms with Crippen LogP contribution in [0.4, 0.5) is 0 Å². The lowest BCUT2D eigenvalue weighted by atomic mass is 9.94. The fraction of sp³-hybridized carbons (Fsp3) is 0.917. The molecule has 0 spiro atoms. The fourth-order valence-electron chi connectivity index (χ4n) is 2.57. The van der Waals surface area contributed by atoms with E-state index in [1.54, 1.807) is 0 Å². The van der Waals surface area contributed by atoms with Crippen LogP contribution in [0.2, 0.25) is 0 Å². The molecule has 0 aromatic carbocycles. The molecule has 92 valence electrons. The number of hydrogen-bond donors (Lipinski definition) is 2. The van der Waals surface area contributed by atoms with Gasteiger partial charge in [-0.3, -0.25) is 9.69 Å². The molecule has 1 unspecified atom stereocenters. The zero-order valence-corrected chi connectivity index (χ0v) is 10.4. The number of nitrogens with one attached hydrogen (secondary N) is 2. The zero-order valence-electron chi connectivity index (χ0n) is 10.4. The molecule has 2 saturated heterocycles. The third kappa shape index (κ3) is 2.74. The Kier molecular flexibility index (Phi) is 3.50. The molecular formula is C12H23N3O. The number of carbonyl (C=O) groups is 1. The topological polar surface area (TPSA) is 44.4 Å². The largest absolute Gasteiger partial charge is 0.353 e. The van der Waals surface area contributed by atoms with E-state index < -0.39 is 0 Å². The predicted molar refractivity (Wildman–Crippen MR) is 64.3 cm³/mol. The summed E-state index contributed by atoms with van der Waals surface area (Å²) in [6.07, 6.45) is 2.56. The van der Waals surface area contributed by atoms with Gasteiger partial charge in [0.2, 0.25) is 5.91 Å². The van der Waals surface area contributed by atoms with E-state index in [-0.39, 0.29) is 11.4 Å². The van der Waals surface area contributed by atoms with E-state index in [1.165, 1.54) is 12.8 Å². The molecule has 0 bridgehead atoms. The van der Waals surface area contributed by atoms with Crippen LogP contribution in [0.3, 0.4) is 0 Å². The maximum absolute atomic E-state index is 11.4. The Balaban J connectivity index is 1.92. The van der Waals surface area contributed by atoms with Gasteiger partial charge in [0.05, 0.1) is 6.54 Å². The van der Waals surface area contributed by atoms with Crippen molar-refractivity contribution >= 4 is 5.91 Å². The highest BCUT2D eigenvalue weighted by Crippen LogP contribution is 2.20. The summed E-state index contributed by atoms with van der Waals surface area (Å²) in [5.74, 6) is 0.877. The van der Waals surface area contributed by atoms with Gasteiger partial charge in [0.15, 0.2) is 0 Å². The fourth-order valence-corrected chi connectivity index (χ4v) is 2.57. The third-order valence-corrected chi connectivity index (χ3v) is 3.79. The van der Waals surface area contributed by atoms with E-state index in [4.69, 9.17) is 0 Å². The molecule has 0 aliphatic carbocycles. The van der Waals surface area contributed by atoms with Gasteiger partial charge in [0.1, 0.15) is 0 Å². The summed E-state index contributed by atoms with van der Waals surface area (Å²) >= 11 is 0. The number of rotatable bonds is 2. The van der Waals surface area contributed by atoms with Crippen molar-refractivity contribution in [2.45, 2.75) is 32.2 Å². The van der Waals surface area contributed by atoms with E-state index in [2.05, 4.69) is 29.4 Å². The van der Waals surface area contributed by atoms with Gasteiger partial charge in [0.25, 0.3) is 0 Å². The average Bonchev–Trinajstić information content (AvgIpc) is 2.26. The molecule has 2 rings (SSSR count). The molecule has 2 aliphatic heterocycles. The van der Waals surface area contributed by atoms with Gasteiger partial charge >= 0.3 is 0 Å². The van der Waals surface area contributed by atoms with Gasteiger partial charge in [-0.15, -0.1) is 0 Å². The smallest absolute Gasteiger partial charge is 0.234 e. The summed E-state index contributed by atoms with van der Waals surface area (Å²) in [4.78, 5) is 13.8. The third-order valence-electron chi connectivity index (χ3n) is 3.79. The maximum atomic E-state index is 11.4. The Hall–Kier alpha value is -0.610. The first-order valence-corrected chi connectivity index (χ1v) is 6.30. The van der Waals surface area contributed by atoms with Crippen molar-refractivity contribution in [3.63, 3.8) is 0 Å². The maximum Gasteiger partial charge on any atom is 0.234 e. The van der Waals surface area contributed by atoms with Crippen LogP contribution in [0.1, 0.15) is 26.7 Å². The Morgan fingerprint density at radius 1 is 1.50 bits per heavy atom. The molecule has 2 aliphatic rings. The molecule has 2 N–H and O–H groups in total. The molecule has 1 atom stereocenters. The van der Waals surface area contributed by atoms with E-state index in [9.17, 15) is 4.79 Å². The first kappa shape index (κ1) is 11.9. The van der Waals surface area contributed by atoms with Crippen molar-refractivity contribution < 1.29 is 4.79 Å². The molecule has 4 heteroatoms. The summed E-state index contributed by atoms with van der Waals surface area (Å²) in [5.41, 5.74) is 0.103. The van der Waals surface area contributed by atoms with Crippen LogP contribution in [0.5, 0.6) is 0 Å². The quantitative estimate of drug-likeness (QED) is 0.705. The van der Waals surface area contributed by atoms with E-state index in [0.717, 1.165) is 26.2 Å². The van der Waals surface area contributed by atoms with Crippen molar-refractivity contribution in [3.05, 3.63) is 0 Å². The summed E-state index contributed by atoms with van der Waals surface area (Å²) in [5, 5.41) is 6.38. The SMILES string of the molecule is CC1(C)CNC(=O)CN1CC1CCCNC1. The second-order valence-electron chi connectivity index (χ2n) is 5.68. The van der Waals surface area contributed by atoms with Crippen molar-refractivity contribution in [2.75, 3.05) is 32.7 Å². The number of hydrogen-bond acceptors (Lipinski definition) is 3. The first-order valence-electron chi connectivity index (χ1n) is 6.30. The molecule has 0 aromatic rings. The monoisotopic (exact) mass is 225 g/mol. The number of amides is 1. The number of piperazine rings is 1. The van der Waals surface area contributed by atoms with Crippen LogP contribution >= 0.6 is 0 Å². The van der Waals surface area contributed by atoms with Crippen molar-refractivity contribution in [2.24, 2.45) is 5.92 Å². The summed E-state index contributed by atoms with van der Waals surface area (Å²) < 4.78 is 0. The molecule has 2 heterocycles. The number of carbonyl (C=O) groups excluding carboxylic acids is 1. The van der Waals surface area contributed by atoms with E-state index in [1.807, 2.05) is 0 Å². The second-order valence-corrected chi connectivity index (χ2v) is 5.68. The minimum absolute atomic E-state index is 0.103. The van der Waals surface area contributed by atoms with Crippen LogP contribution in [0, 0.1) is 5.92 Å². The lowest BCUT2D eigenvalue weighted by Gasteiger charge is -2.44. The van der Waals surface area contributed by atoms with Crippen LogP contribution in [-0.2, 0) is 4.79 Å². The van der Waals surface area contributed by atoms with Gasteiger partial charge in [-0.1, -0.05) is 0 Å². The Morgan fingerprint density at radius 3 is 3.00 bits per heavy atom. The van der Waals surface area contributed by atoms with Gasteiger partial charge in [-0.05, 0) is 45.7 Å². The van der Waals surface area contributed by atoms with Gasteiger partial charge in [-0.25, -0.2) is 0 Å². The van der Waals surface area contributed by atoms with Gasteiger partial charge < -0.3 is 10.6 Å². The summed E-state index contributed by atoms with van der Waals surface area (Å²) in [6, 6.07) is 0.